The minimum Gasteiger partial charge on any atom is -0.363 e. The van der Waals surface area contributed by atoms with Crippen LogP contribution < -0.4 is 10.0 Å². The molecule has 2 aromatic heterocycles. The fraction of sp³-hybridized carbons (Fsp3) is 0.429. The van der Waals surface area contributed by atoms with E-state index in [2.05, 4.69) is 15.0 Å². The van der Waals surface area contributed by atoms with Gasteiger partial charge in [-0.2, -0.15) is 0 Å². The molecule has 0 saturated heterocycles. The Morgan fingerprint density at radius 3 is 2.86 bits per heavy atom. The summed E-state index contributed by atoms with van der Waals surface area (Å²) in [5.41, 5.74) is 2.01. The summed E-state index contributed by atoms with van der Waals surface area (Å²) >= 11 is 1.56. The van der Waals surface area contributed by atoms with E-state index in [9.17, 15) is 8.42 Å². The van der Waals surface area contributed by atoms with Crippen LogP contribution in [0.2, 0.25) is 0 Å². The second-order valence-electron chi connectivity index (χ2n) is 5.37. The van der Waals surface area contributed by atoms with E-state index in [4.69, 9.17) is 0 Å². The van der Waals surface area contributed by atoms with Crippen molar-refractivity contribution in [2.75, 3.05) is 0 Å². The number of hydrogen-bond donors (Lipinski definition) is 3. The molecule has 0 amide bonds. The lowest BCUT2D eigenvalue weighted by Crippen LogP contribution is -2.22. The van der Waals surface area contributed by atoms with Gasteiger partial charge in [0.15, 0.2) is 0 Å². The zero-order chi connectivity index (χ0) is 14.9. The standard InChI is InChI=1S/C14H19N3O2S2/c1-10-4-5-20-14(10)9-17-21(18,19)13-6-12(16-8-13)7-15-11-2-3-11/h4-6,8,11,15-17H,2-3,7,9H2,1H3. The predicted molar refractivity (Wildman–Crippen MR) is 83.7 cm³/mol. The Balaban J connectivity index is 1.62. The highest BCUT2D eigenvalue weighted by Crippen LogP contribution is 2.20. The number of hydrogen-bond acceptors (Lipinski definition) is 4. The Bertz CT molecular complexity index is 714. The molecule has 21 heavy (non-hydrogen) atoms. The molecule has 0 aromatic carbocycles. The van der Waals surface area contributed by atoms with Crippen LogP contribution in [0.1, 0.15) is 29.0 Å². The van der Waals surface area contributed by atoms with Crippen molar-refractivity contribution in [2.45, 2.75) is 43.8 Å². The average Bonchev–Trinajstić information content (AvgIpc) is 2.98. The Morgan fingerprint density at radius 2 is 2.19 bits per heavy atom. The zero-order valence-electron chi connectivity index (χ0n) is 11.8. The summed E-state index contributed by atoms with van der Waals surface area (Å²) in [6, 6.07) is 4.29. The summed E-state index contributed by atoms with van der Waals surface area (Å²) in [6.45, 7) is 3.01. The summed E-state index contributed by atoms with van der Waals surface area (Å²) < 4.78 is 27.2. The van der Waals surface area contributed by atoms with Crippen molar-refractivity contribution in [2.24, 2.45) is 0 Å². The van der Waals surface area contributed by atoms with E-state index in [0.717, 1.165) is 16.1 Å². The third-order valence-corrected chi connectivity index (χ3v) is 5.98. The molecule has 3 rings (SSSR count). The number of rotatable bonds is 7. The molecule has 1 saturated carbocycles. The maximum atomic E-state index is 12.3. The first-order valence-electron chi connectivity index (χ1n) is 6.98. The van der Waals surface area contributed by atoms with Gasteiger partial charge in [0.05, 0.1) is 4.90 Å². The van der Waals surface area contributed by atoms with Gasteiger partial charge in [-0.3, -0.25) is 0 Å². The molecule has 0 spiro atoms. The molecule has 5 nitrogen and oxygen atoms in total. The molecular weight excluding hydrogens is 306 g/mol. The van der Waals surface area contributed by atoms with Crippen LogP contribution in [0.5, 0.6) is 0 Å². The molecule has 1 fully saturated rings. The van der Waals surface area contributed by atoms with Gasteiger partial charge in [-0.15, -0.1) is 11.3 Å². The van der Waals surface area contributed by atoms with Gasteiger partial charge >= 0.3 is 0 Å². The highest BCUT2D eigenvalue weighted by atomic mass is 32.2. The van der Waals surface area contributed by atoms with E-state index in [0.29, 0.717) is 24.0 Å². The molecule has 2 heterocycles. The van der Waals surface area contributed by atoms with Crippen molar-refractivity contribution in [3.63, 3.8) is 0 Å². The van der Waals surface area contributed by atoms with Gasteiger partial charge in [0.1, 0.15) is 0 Å². The fourth-order valence-electron chi connectivity index (χ4n) is 2.05. The summed E-state index contributed by atoms with van der Waals surface area (Å²) in [7, 11) is -3.46. The number of nitrogens with one attached hydrogen (secondary N) is 3. The quantitative estimate of drug-likeness (QED) is 0.730. The summed E-state index contributed by atoms with van der Waals surface area (Å²) in [5.74, 6) is 0. The average molecular weight is 325 g/mol. The van der Waals surface area contributed by atoms with Gasteiger partial charge in [-0.05, 0) is 42.8 Å². The molecule has 0 aliphatic heterocycles. The number of aryl methyl sites for hydroxylation is 1. The molecule has 0 radical (unpaired) electrons. The molecule has 1 aliphatic carbocycles. The molecule has 3 N–H and O–H groups in total. The Morgan fingerprint density at radius 1 is 1.38 bits per heavy atom. The van der Waals surface area contributed by atoms with Crippen LogP contribution in [-0.4, -0.2) is 19.4 Å². The summed E-state index contributed by atoms with van der Waals surface area (Å²) in [6.07, 6.45) is 3.98. The molecule has 2 aromatic rings. The van der Waals surface area contributed by atoms with Gasteiger partial charge in [0, 0.05) is 35.9 Å². The van der Waals surface area contributed by atoms with E-state index >= 15 is 0 Å². The van der Waals surface area contributed by atoms with Gasteiger partial charge in [-0.25, -0.2) is 13.1 Å². The highest BCUT2D eigenvalue weighted by Gasteiger charge is 2.21. The molecule has 0 bridgehead atoms. The predicted octanol–water partition coefficient (Wildman–Crippen LogP) is 2.12. The lowest BCUT2D eigenvalue weighted by atomic mass is 10.3. The van der Waals surface area contributed by atoms with Crippen LogP contribution in [0.25, 0.3) is 0 Å². The number of aromatic nitrogens is 1. The Hall–Kier alpha value is -1.15. The largest absolute Gasteiger partial charge is 0.363 e. The second kappa shape index (κ2) is 5.92. The van der Waals surface area contributed by atoms with Crippen LogP contribution >= 0.6 is 11.3 Å². The molecule has 0 atom stereocenters. The maximum absolute atomic E-state index is 12.3. The normalized spacial score (nSPS) is 15.5. The molecular formula is C14H19N3O2S2. The zero-order valence-corrected chi connectivity index (χ0v) is 13.5. The Kier molecular flexibility index (Phi) is 4.17. The van der Waals surface area contributed by atoms with Crippen LogP contribution in [0, 0.1) is 6.92 Å². The highest BCUT2D eigenvalue weighted by molar-refractivity contribution is 7.89. The van der Waals surface area contributed by atoms with E-state index in [1.54, 1.807) is 23.6 Å². The van der Waals surface area contributed by atoms with Crippen molar-refractivity contribution < 1.29 is 8.42 Å². The van der Waals surface area contributed by atoms with Gasteiger partial charge in [0.25, 0.3) is 0 Å². The van der Waals surface area contributed by atoms with Crippen LogP contribution in [0.3, 0.4) is 0 Å². The van der Waals surface area contributed by atoms with E-state index in [1.807, 2.05) is 18.4 Å². The monoisotopic (exact) mass is 325 g/mol. The topological polar surface area (TPSA) is 74.0 Å². The number of thiophene rings is 1. The van der Waals surface area contributed by atoms with E-state index in [1.165, 1.54) is 12.8 Å². The molecule has 1 aliphatic rings. The van der Waals surface area contributed by atoms with Crippen molar-refractivity contribution >= 4 is 21.4 Å². The number of aromatic amines is 1. The van der Waals surface area contributed by atoms with Crippen LogP contribution in [-0.2, 0) is 23.1 Å². The fourth-order valence-corrected chi connectivity index (χ4v) is 4.00. The first-order chi connectivity index (χ1) is 10.0. The molecule has 114 valence electrons. The van der Waals surface area contributed by atoms with Crippen molar-refractivity contribution in [3.8, 4) is 0 Å². The van der Waals surface area contributed by atoms with Gasteiger partial charge in [0.2, 0.25) is 10.0 Å². The summed E-state index contributed by atoms with van der Waals surface area (Å²) in [5, 5.41) is 5.32. The van der Waals surface area contributed by atoms with Crippen molar-refractivity contribution in [1.82, 2.24) is 15.0 Å². The van der Waals surface area contributed by atoms with Gasteiger partial charge < -0.3 is 10.3 Å². The van der Waals surface area contributed by atoms with Crippen molar-refractivity contribution in [3.05, 3.63) is 39.8 Å². The molecule has 7 heteroatoms. The minimum atomic E-state index is -3.46. The summed E-state index contributed by atoms with van der Waals surface area (Å²) in [4.78, 5) is 4.36. The number of H-pyrrole nitrogens is 1. The third-order valence-electron chi connectivity index (χ3n) is 3.58. The lowest BCUT2D eigenvalue weighted by Gasteiger charge is -2.04. The second-order valence-corrected chi connectivity index (χ2v) is 8.13. The Labute approximate surface area is 128 Å². The van der Waals surface area contributed by atoms with E-state index in [-0.39, 0.29) is 0 Å². The van der Waals surface area contributed by atoms with E-state index < -0.39 is 10.0 Å². The van der Waals surface area contributed by atoms with Crippen molar-refractivity contribution in [1.29, 1.82) is 0 Å². The van der Waals surface area contributed by atoms with Gasteiger partial charge in [-0.1, -0.05) is 0 Å². The molecule has 0 unspecified atom stereocenters. The number of sulfonamides is 1. The third kappa shape index (κ3) is 3.74. The minimum absolute atomic E-state index is 0.296. The van der Waals surface area contributed by atoms with Crippen LogP contribution in [0.4, 0.5) is 0 Å². The maximum Gasteiger partial charge on any atom is 0.242 e. The first kappa shape index (κ1) is 14.8. The lowest BCUT2D eigenvalue weighted by molar-refractivity contribution is 0.582. The van der Waals surface area contributed by atoms with Crippen LogP contribution in [0.15, 0.2) is 28.6 Å². The first-order valence-corrected chi connectivity index (χ1v) is 9.34. The smallest absolute Gasteiger partial charge is 0.242 e. The SMILES string of the molecule is Cc1ccsc1CNS(=O)(=O)c1c[nH]c(CNC2CC2)c1.